The lowest BCUT2D eigenvalue weighted by Crippen LogP contribution is -2.42. The van der Waals surface area contributed by atoms with Gasteiger partial charge in [-0.3, -0.25) is 4.79 Å². The number of benzene rings is 1. The monoisotopic (exact) mass is 447 g/mol. The Hall–Kier alpha value is -2.19. The zero-order valence-corrected chi connectivity index (χ0v) is 18.8. The zero-order chi connectivity index (χ0) is 22.1. The summed E-state index contributed by atoms with van der Waals surface area (Å²) in [5.41, 5.74) is 1.14. The molecule has 6 nitrogen and oxygen atoms in total. The van der Waals surface area contributed by atoms with Crippen LogP contribution in [0.5, 0.6) is 0 Å². The van der Waals surface area contributed by atoms with Gasteiger partial charge in [0.1, 0.15) is 16.4 Å². The number of aromatic nitrogens is 1. The van der Waals surface area contributed by atoms with Crippen LogP contribution in [0.2, 0.25) is 0 Å². The average Bonchev–Trinajstić information content (AvgIpc) is 3.44. The first-order chi connectivity index (χ1) is 14.8. The Balaban J connectivity index is 1.52. The van der Waals surface area contributed by atoms with Crippen molar-refractivity contribution in [2.45, 2.75) is 55.3 Å². The Morgan fingerprint density at radius 3 is 2.35 bits per heavy atom. The van der Waals surface area contributed by atoms with Crippen LogP contribution in [0.1, 0.15) is 61.0 Å². The largest absolute Gasteiger partial charge is 0.350 e. The molecule has 1 aliphatic heterocycles. The molecule has 0 bridgehead atoms. The van der Waals surface area contributed by atoms with E-state index in [1.165, 1.54) is 28.7 Å². The van der Waals surface area contributed by atoms with E-state index in [0.717, 1.165) is 50.5 Å². The van der Waals surface area contributed by atoms with Crippen molar-refractivity contribution in [3.05, 3.63) is 53.6 Å². The van der Waals surface area contributed by atoms with Crippen molar-refractivity contribution in [3.8, 4) is 0 Å². The molecule has 8 heteroatoms. The number of carbonyl (C=O) groups is 1. The third-order valence-corrected chi connectivity index (χ3v) is 8.63. The van der Waals surface area contributed by atoms with Gasteiger partial charge in [-0.15, -0.1) is 0 Å². The van der Waals surface area contributed by atoms with Gasteiger partial charge in [0.05, 0.1) is 0 Å². The van der Waals surface area contributed by atoms with Crippen molar-refractivity contribution >= 4 is 15.9 Å². The van der Waals surface area contributed by atoms with Gasteiger partial charge in [-0.05, 0) is 49.4 Å². The minimum absolute atomic E-state index is 0.160. The van der Waals surface area contributed by atoms with Gasteiger partial charge < -0.3 is 9.88 Å². The molecule has 2 aromatic rings. The number of amides is 1. The maximum atomic E-state index is 13.4. The minimum Gasteiger partial charge on any atom is -0.350 e. The van der Waals surface area contributed by atoms with Crippen LogP contribution in [0.25, 0.3) is 0 Å². The summed E-state index contributed by atoms with van der Waals surface area (Å²) in [4.78, 5) is 13.2. The standard InChI is InChI=1S/C23H30FN3O3S/c1-26-16-20(31(29,30)27-13-5-6-14-27)15-21(26)22(28)25-17-23(11-3-2-4-12-23)18-7-9-19(24)10-8-18/h7-10,15-16H,2-6,11-14,17H2,1H3,(H,25,28). The molecule has 2 heterocycles. The van der Waals surface area contributed by atoms with Gasteiger partial charge in [-0.2, -0.15) is 4.31 Å². The number of halogens is 1. The lowest BCUT2D eigenvalue weighted by molar-refractivity contribution is 0.0928. The lowest BCUT2D eigenvalue weighted by atomic mass is 9.69. The number of nitrogens with zero attached hydrogens (tertiary/aromatic N) is 2. The number of hydrogen-bond donors (Lipinski definition) is 1. The smallest absolute Gasteiger partial charge is 0.267 e. The highest BCUT2D eigenvalue weighted by Crippen LogP contribution is 2.39. The quantitative estimate of drug-likeness (QED) is 0.736. The van der Waals surface area contributed by atoms with Gasteiger partial charge in [0.25, 0.3) is 5.91 Å². The molecule has 2 fully saturated rings. The van der Waals surface area contributed by atoms with E-state index < -0.39 is 10.0 Å². The fourth-order valence-electron chi connectivity index (χ4n) is 4.92. The van der Waals surface area contributed by atoms with Gasteiger partial charge in [0.15, 0.2) is 0 Å². The molecule has 0 atom stereocenters. The van der Waals surface area contributed by atoms with E-state index in [4.69, 9.17) is 0 Å². The van der Waals surface area contributed by atoms with Gasteiger partial charge in [-0.1, -0.05) is 31.4 Å². The molecular formula is C23H30FN3O3S. The number of rotatable bonds is 6. The first-order valence-electron chi connectivity index (χ1n) is 11.0. The Morgan fingerprint density at radius 2 is 1.71 bits per heavy atom. The highest BCUT2D eigenvalue weighted by Gasteiger charge is 2.35. The fraction of sp³-hybridized carbons (Fsp3) is 0.522. The van der Waals surface area contributed by atoms with Crippen LogP contribution >= 0.6 is 0 Å². The Bertz CT molecular complexity index is 1030. The molecule has 1 amide bonds. The molecular weight excluding hydrogens is 417 g/mol. The predicted molar refractivity (Wildman–Crippen MR) is 117 cm³/mol. The summed E-state index contributed by atoms with van der Waals surface area (Å²) in [6.07, 6.45) is 8.40. The van der Waals surface area contributed by atoms with Gasteiger partial charge in [0.2, 0.25) is 10.0 Å². The number of aryl methyl sites for hydroxylation is 1. The summed E-state index contributed by atoms with van der Waals surface area (Å²) in [5.74, 6) is -0.563. The molecule has 0 unspecified atom stereocenters. The second-order valence-corrected chi connectivity index (χ2v) is 10.8. The normalized spacial score (nSPS) is 19.4. The SMILES string of the molecule is Cn1cc(S(=O)(=O)N2CCCC2)cc1C(=O)NCC1(c2ccc(F)cc2)CCCCC1. The first kappa shape index (κ1) is 22.0. The molecule has 1 N–H and O–H groups in total. The highest BCUT2D eigenvalue weighted by molar-refractivity contribution is 7.89. The van der Waals surface area contributed by atoms with Gasteiger partial charge >= 0.3 is 0 Å². The molecule has 168 valence electrons. The summed E-state index contributed by atoms with van der Waals surface area (Å²) in [5, 5.41) is 3.04. The summed E-state index contributed by atoms with van der Waals surface area (Å²) < 4.78 is 42.2. The Kier molecular flexibility index (Phi) is 6.21. The Morgan fingerprint density at radius 1 is 1.06 bits per heavy atom. The van der Waals surface area contributed by atoms with E-state index in [2.05, 4.69) is 5.32 Å². The molecule has 1 aromatic heterocycles. The number of carbonyl (C=O) groups excluding carboxylic acids is 1. The molecule has 2 aliphatic rings. The van der Waals surface area contributed by atoms with Crippen LogP contribution in [0, 0.1) is 5.82 Å². The fourth-order valence-corrected chi connectivity index (χ4v) is 6.51. The highest BCUT2D eigenvalue weighted by atomic mass is 32.2. The molecule has 0 radical (unpaired) electrons. The zero-order valence-electron chi connectivity index (χ0n) is 17.9. The molecule has 1 aliphatic carbocycles. The lowest BCUT2D eigenvalue weighted by Gasteiger charge is -2.38. The maximum Gasteiger partial charge on any atom is 0.267 e. The molecule has 31 heavy (non-hydrogen) atoms. The summed E-state index contributed by atoms with van der Waals surface area (Å²) >= 11 is 0. The third kappa shape index (κ3) is 4.41. The summed E-state index contributed by atoms with van der Waals surface area (Å²) in [6.45, 7) is 1.49. The predicted octanol–water partition coefficient (Wildman–Crippen LogP) is 3.58. The van der Waals surface area contributed by atoms with Crippen molar-refractivity contribution < 1.29 is 17.6 Å². The maximum absolute atomic E-state index is 13.4. The molecule has 0 spiro atoms. The van der Waals surface area contributed by atoms with E-state index in [1.54, 1.807) is 11.6 Å². The van der Waals surface area contributed by atoms with Crippen LogP contribution in [-0.2, 0) is 22.5 Å². The van der Waals surface area contributed by atoms with Crippen molar-refractivity contribution in [1.82, 2.24) is 14.2 Å². The van der Waals surface area contributed by atoms with E-state index in [9.17, 15) is 17.6 Å². The van der Waals surface area contributed by atoms with Crippen molar-refractivity contribution in [3.63, 3.8) is 0 Å². The number of sulfonamides is 1. The van der Waals surface area contributed by atoms with Crippen LogP contribution in [0.3, 0.4) is 0 Å². The topological polar surface area (TPSA) is 71.4 Å². The average molecular weight is 448 g/mol. The van der Waals surface area contributed by atoms with E-state index in [1.807, 2.05) is 12.1 Å². The summed E-state index contributed by atoms with van der Waals surface area (Å²) in [7, 11) is -1.88. The Labute approximate surface area is 183 Å². The second kappa shape index (κ2) is 8.74. The third-order valence-electron chi connectivity index (χ3n) is 6.77. The van der Waals surface area contributed by atoms with Crippen molar-refractivity contribution in [2.24, 2.45) is 7.05 Å². The number of nitrogens with one attached hydrogen (secondary N) is 1. The van der Waals surface area contributed by atoms with Crippen molar-refractivity contribution in [1.29, 1.82) is 0 Å². The van der Waals surface area contributed by atoms with Crippen LogP contribution in [0.4, 0.5) is 4.39 Å². The van der Waals surface area contributed by atoms with E-state index >= 15 is 0 Å². The molecule has 4 rings (SSSR count). The van der Waals surface area contributed by atoms with E-state index in [0.29, 0.717) is 25.3 Å². The molecule has 1 saturated carbocycles. The minimum atomic E-state index is -3.57. The second-order valence-electron chi connectivity index (χ2n) is 8.81. The van der Waals surface area contributed by atoms with Gasteiger partial charge in [-0.25, -0.2) is 12.8 Å². The summed E-state index contributed by atoms with van der Waals surface area (Å²) in [6, 6.07) is 8.04. The molecule has 1 aromatic carbocycles. The van der Waals surface area contributed by atoms with Crippen LogP contribution in [-0.4, -0.2) is 42.8 Å². The van der Waals surface area contributed by atoms with Crippen LogP contribution in [0.15, 0.2) is 41.4 Å². The number of hydrogen-bond acceptors (Lipinski definition) is 3. The van der Waals surface area contributed by atoms with E-state index in [-0.39, 0.29) is 22.0 Å². The van der Waals surface area contributed by atoms with Crippen LogP contribution < -0.4 is 5.32 Å². The molecule has 1 saturated heterocycles. The van der Waals surface area contributed by atoms with Gasteiger partial charge in [0, 0.05) is 38.3 Å². The first-order valence-corrected chi connectivity index (χ1v) is 12.5. The van der Waals surface area contributed by atoms with Crippen molar-refractivity contribution in [2.75, 3.05) is 19.6 Å².